The van der Waals surface area contributed by atoms with Crippen LogP contribution in [0.25, 0.3) is 6.20 Å². The van der Waals surface area contributed by atoms with Crippen molar-refractivity contribution in [3.8, 4) is 0 Å². The lowest BCUT2D eigenvalue weighted by molar-refractivity contribution is 0.218. The van der Waals surface area contributed by atoms with E-state index < -0.39 is 0 Å². The standard InChI is InChI=1S/C7H6N2O2/c10-7-1-2-8-6-5-11-4-3-9(6)7/h1-4H,5H2. The zero-order valence-corrected chi connectivity index (χ0v) is 5.73. The summed E-state index contributed by atoms with van der Waals surface area (Å²) in [6.45, 7) is 0.368. The Kier molecular flexibility index (Phi) is 1.25. The normalized spacial score (nSPS) is 13.8. The number of nitrogens with zero attached hydrogens (tertiary/aromatic N) is 2. The first kappa shape index (κ1) is 6.15. The molecule has 0 unspecified atom stereocenters. The minimum absolute atomic E-state index is 0.0745. The van der Waals surface area contributed by atoms with Crippen molar-refractivity contribution in [1.82, 2.24) is 9.55 Å². The summed E-state index contributed by atoms with van der Waals surface area (Å²) in [5.41, 5.74) is -0.0745. The predicted molar refractivity (Wildman–Crippen MR) is 38.6 cm³/mol. The molecule has 1 aromatic rings. The van der Waals surface area contributed by atoms with Gasteiger partial charge in [-0.3, -0.25) is 9.36 Å². The van der Waals surface area contributed by atoms with Gasteiger partial charge in [0.05, 0.1) is 0 Å². The molecule has 11 heavy (non-hydrogen) atoms. The van der Waals surface area contributed by atoms with Crippen LogP contribution in [0.3, 0.4) is 0 Å². The first-order valence-electron chi connectivity index (χ1n) is 3.22. The summed E-state index contributed by atoms with van der Waals surface area (Å²) < 4.78 is 6.41. The van der Waals surface area contributed by atoms with Gasteiger partial charge < -0.3 is 4.74 Å². The Morgan fingerprint density at radius 2 is 2.55 bits per heavy atom. The number of fused-ring (bicyclic) bond motifs is 1. The van der Waals surface area contributed by atoms with Crippen molar-refractivity contribution in [3.05, 3.63) is 34.7 Å². The highest BCUT2D eigenvalue weighted by Crippen LogP contribution is 2.01. The smallest absolute Gasteiger partial charge is 0.257 e. The minimum atomic E-state index is -0.0745. The number of hydrogen-bond donors (Lipinski definition) is 0. The third-order valence-corrected chi connectivity index (χ3v) is 1.47. The molecule has 0 atom stereocenters. The summed E-state index contributed by atoms with van der Waals surface area (Å²) in [5, 5.41) is 0. The molecule has 2 heterocycles. The molecule has 4 heteroatoms. The molecule has 0 fully saturated rings. The van der Waals surface area contributed by atoms with Crippen molar-refractivity contribution >= 4 is 6.20 Å². The predicted octanol–water partition coefficient (Wildman–Crippen LogP) is 0.202. The van der Waals surface area contributed by atoms with Crippen LogP contribution < -0.4 is 5.56 Å². The fraction of sp³-hybridized carbons (Fsp3) is 0.143. The van der Waals surface area contributed by atoms with Crippen molar-refractivity contribution < 1.29 is 4.74 Å². The molecular formula is C7H6N2O2. The van der Waals surface area contributed by atoms with Gasteiger partial charge in [-0.15, -0.1) is 0 Å². The van der Waals surface area contributed by atoms with E-state index in [1.165, 1.54) is 23.1 Å². The average molecular weight is 150 g/mol. The van der Waals surface area contributed by atoms with Gasteiger partial charge in [0.1, 0.15) is 12.9 Å². The van der Waals surface area contributed by atoms with Gasteiger partial charge >= 0.3 is 0 Å². The third-order valence-electron chi connectivity index (χ3n) is 1.47. The van der Waals surface area contributed by atoms with Crippen molar-refractivity contribution in [1.29, 1.82) is 0 Å². The highest BCUT2D eigenvalue weighted by atomic mass is 16.5. The molecule has 1 aromatic heterocycles. The van der Waals surface area contributed by atoms with Gasteiger partial charge in [0.2, 0.25) is 0 Å². The Morgan fingerprint density at radius 1 is 1.64 bits per heavy atom. The lowest BCUT2D eigenvalue weighted by Gasteiger charge is -2.10. The van der Waals surface area contributed by atoms with Crippen molar-refractivity contribution in [2.24, 2.45) is 0 Å². The summed E-state index contributed by atoms with van der Waals surface area (Å²) in [5.74, 6) is 0.639. The fourth-order valence-electron chi connectivity index (χ4n) is 0.950. The Labute approximate surface area is 62.8 Å². The number of aromatic nitrogens is 2. The van der Waals surface area contributed by atoms with Crippen molar-refractivity contribution in [3.63, 3.8) is 0 Å². The molecule has 56 valence electrons. The molecule has 4 nitrogen and oxygen atoms in total. The van der Waals surface area contributed by atoms with E-state index >= 15 is 0 Å². The van der Waals surface area contributed by atoms with Crippen LogP contribution in [-0.2, 0) is 11.3 Å². The van der Waals surface area contributed by atoms with E-state index in [4.69, 9.17) is 4.74 Å². The summed E-state index contributed by atoms with van der Waals surface area (Å²) in [6, 6.07) is 1.42. The van der Waals surface area contributed by atoms with E-state index in [-0.39, 0.29) is 5.56 Å². The second kappa shape index (κ2) is 2.23. The number of hydrogen-bond acceptors (Lipinski definition) is 3. The van der Waals surface area contributed by atoms with E-state index in [2.05, 4.69) is 4.98 Å². The molecule has 0 aromatic carbocycles. The summed E-state index contributed by atoms with van der Waals surface area (Å²) >= 11 is 0. The van der Waals surface area contributed by atoms with Crippen LogP contribution in [0.1, 0.15) is 5.82 Å². The van der Waals surface area contributed by atoms with E-state index in [0.717, 1.165) is 0 Å². The summed E-state index contributed by atoms with van der Waals surface area (Å²) in [4.78, 5) is 15.0. The van der Waals surface area contributed by atoms with Crippen LogP contribution in [0.4, 0.5) is 0 Å². The summed E-state index contributed by atoms with van der Waals surface area (Å²) in [6.07, 6.45) is 4.53. The van der Waals surface area contributed by atoms with Gasteiger partial charge in [0, 0.05) is 18.5 Å². The Balaban J connectivity index is 2.70. The molecule has 0 N–H and O–H groups in total. The van der Waals surface area contributed by atoms with Crippen LogP contribution in [0.5, 0.6) is 0 Å². The Hall–Kier alpha value is -1.58. The molecule has 1 aliphatic rings. The molecule has 0 saturated heterocycles. The molecule has 2 rings (SSSR count). The second-order valence-corrected chi connectivity index (χ2v) is 2.17. The SMILES string of the molecule is O=c1ccnc2n1C=COC2. The van der Waals surface area contributed by atoms with Crippen LogP contribution in [0.15, 0.2) is 23.3 Å². The molecule has 1 aliphatic heterocycles. The van der Waals surface area contributed by atoms with Crippen LogP contribution in [-0.4, -0.2) is 9.55 Å². The molecule has 0 saturated carbocycles. The van der Waals surface area contributed by atoms with Gasteiger partial charge in [-0.25, -0.2) is 4.98 Å². The lowest BCUT2D eigenvalue weighted by Crippen LogP contribution is -2.21. The van der Waals surface area contributed by atoms with E-state index in [9.17, 15) is 4.79 Å². The highest BCUT2D eigenvalue weighted by Gasteiger charge is 2.04. The van der Waals surface area contributed by atoms with Crippen LogP contribution in [0.2, 0.25) is 0 Å². The first-order valence-corrected chi connectivity index (χ1v) is 3.22. The Morgan fingerprint density at radius 3 is 3.36 bits per heavy atom. The fourth-order valence-corrected chi connectivity index (χ4v) is 0.950. The maximum Gasteiger partial charge on any atom is 0.257 e. The van der Waals surface area contributed by atoms with Gasteiger partial charge in [0.15, 0.2) is 5.82 Å². The highest BCUT2D eigenvalue weighted by molar-refractivity contribution is 5.23. The van der Waals surface area contributed by atoms with Gasteiger partial charge in [-0.05, 0) is 0 Å². The molecule has 0 radical (unpaired) electrons. The molecular weight excluding hydrogens is 144 g/mol. The lowest BCUT2D eigenvalue weighted by atomic mass is 10.5. The maximum absolute atomic E-state index is 11.1. The average Bonchev–Trinajstić information content (AvgIpc) is 2.06. The van der Waals surface area contributed by atoms with E-state index in [1.807, 2.05) is 0 Å². The number of ether oxygens (including phenoxy) is 1. The molecule has 0 bridgehead atoms. The maximum atomic E-state index is 11.1. The van der Waals surface area contributed by atoms with Crippen LogP contribution in [0, 0.1) is 0 Å². The van der Waals surface area contributed by atoms with Crippen molar-refractivity contribution in [2.75, 3.05) is 0 Å². The Bertz CT molecular complexity index is 354. The van der Waals surface area contributed by atoms with Crippen molar-refractivity contribution in [2.45, 2.75) is 6.61 Å². The third kappa shape index (κ3) is 0.920. The first-order chi connectivity index (χ1) is 5.38. The largest absolute Gasteiger partial charge is 0.492 e. The monoisotopic (exact) mass is 150 g/mol. The van der Waals surface area contributed by atoms with Crippen LogP contribution >= 0.6 is 0 Å². The van der Waals surface area contributed by atoms with E-state index in [1.54, 1.807) is 6.20 Å². The molecule has 0 aliphatic carbocycles. The second-order valence-electron chi connectivity index (χ2n) is 2.17. The zero-order chi connectivity index (χ0) is 7.68. The van der Waals surface area contributed by atoms with Gasteiger partial charge in [0.25, 0.3) is 5.56 Å². The zero-order valence-electron chi connectivity index (χ0n) is 5.73. The minimum Gasteiger partial charge on any atom is -0.492 e. The number of rotatable bonds is 0. The molecule has 0 spiro atoms. The van der Waals surface area contributed by atoms with Gasteiger partial charge in [-0.1, -0.05) is 0 Å². The summed E-state index contributed by atoms with van der Waals surface area (Å²) in [7, 11) is 0. The van der Waals surface area contributed by atoms with E-state index in [0.29, 0.717) is 12.4 Å². The quantitative estimate of drug-likeness (QED) is 0.530. The topological polar surface area (TPSA) is 44.1 Å². The van der Waals surface area contributed by atoms with Gasteiger partial charge in [-0.2, -0.15) is 0 Å². The molecule has 0 amide bonds.